The third-order valence-electron chi connectivity index (χ3n) is 3.38. The molecule has 2 heterocycles. The topological polar surface area (TPSA) is 64.4 Å². The van der Waals surface area contributed by atoms with Gasteiger partial charge in [-0.25, -0.2) is 4.68 Å². The first-order chi connectivity index (χ1) is 9.66. The molecule has 0 amide bonds. The van der Waals surface area contributed by atoms with E-state index in [0.29, 0.717) is 26.2 Å². The van der Waals surface area contributed by atoms with Gasteiger partial charge >= 0.3 is 0 Å². The lowest BCUT2D eigenvalue weighted by Crippen LogP contribution is -2.37. The number of rotatable bonds is 6. The van der Waals surface area contributed by atoms with Gasteiger partial charge < -0.3 is 14.4 Å². The SMILES string of the molecule is CC(=O)CCCCn1ncc(N2CCOCC2)cc1=O. The summed E-state index contributed by atoms with van der Waals surface area (Å²) in [5.41, 5.74) is 0.773. The minimum absolute atomic E-state index is 0.0863. The van der Waals surface area contributed by atoms with Gasteiger partial charge in [0.1, 0.15) is 5.78 Å². The van der Waals surface area contributed by atoms with Crippen molar-refractivity contribution in [1.82, 2.24) is 9.78 Å². The molecule has 1 aliphatic heterocycles. The Balaban J connectivity index is 1.91. The van der Waals surface area contributed by atoms with Crippen LogP contribution in [0.1, 0.15) is 26.2 Å². The number of ketones is 1. The van der Waals surface area contributed by atoms with Crippen molar-refractivity contribution >= 4 is 11.5 Å². The molecule has 0 aliphatic carbocycles. The Morgan fingerprint density at radius 3 is 2.75 bits per heavy atom. The average molecular weight is 279 g/mol. The van der Waals surface area contributed by atoms with Crippen molar-refractivity contribution in [3.05, 3.63) is 22.6 Å². The lowest BCUT2D eigenvalue weighted by molar-refractivity contribution is -0.117. The molecule has 0 spiro atoms. The van der Waals surface area contributed by atoms with E-state index < -0.39 is 0 Å². The highest BCUT2D eigenvalue weighted by molar-refractivity contribution is 5.75. The quantitative estimate of drug-likeness (QED) is 0.722. The minimum atomic E-state index is -0.0863. The number of carbonyl (C=O) groups excluding carboxylic acids is 1. The van der Waals surface area contributed by atoms with Gasteiger partial charge in [0.15, 0.2) is 0 Å². The summed E-state index contributed by atoms with van der Waals surface area (Å²) in [7, 11) is 0. The summed E-state index contributed by atoms with van der Waals surface area (Å²) >= 11 is 0. The number of nitrogens with zero attached hydrogens (tertiary/aromatic N) is 3. The summed E-state index contributed by atoms with van der Waals surface area (Å²) < 4.78 is 6.75. The fourth-order valence-electron chi connectivity index (χ4n) is 2.22. The maximum atomic E-state index is 12.0. The van der Waals surface area contributed by atoms with Gasteiger partial charge in [0, 0.05) is 32.1 Å². The molecule has 1 aromatic heterocycles. The molecule has 2 rings (SSSR count). The van der Waals surface area contributed by atoms with Crippen molar-refractivity contribution in [2.45, 2.75) is 32.7 Å². The van der Waals surface area contributed by atoms with Crippen molar-refractivity contribution in [3.63, 3.8) is 0 Å². The van der Waals surface area contributed by atoms with E-state index in [1.54, 1.807) is 19.2 Å². The molecule has 1 aromatic rings. The largest absolute Gasteiger partial charge is 0.378 e. The molecule has 0 N–H and O–H groups in total. The van der Waals surface area contributed by atoms with E-state index in [-0.39, 0.29) is 11.3 Å². The molecule has 20 heavy (non-hydrogen) atoms. The third kappa shape index (κ3) is 4.16. The van der Waals surface area contributed by atoms with Crippen LogP contribution in [0.3, 0.4) is 0 Å². The molecular formula is C14H21N3O3. The van der Waals surface area contributed by atoms with E-state index in [0.717, 1.165) is 31.6 Å². The highest BCUT2D eigenvalue weighted by atomic mass is 16.5. The van der Waals surface area contributed by atoms with E-state index in [1.807, 2.05) is 0 Å². The van der Waals surface area contributed by atoms with Crippen LogP contribution in [0.4, 0.5) is 5.69 Å². The Bertz CT molecular complexity index is 507. The van der Waals surface area contributed by atoms with Crippen LogP contribution in [-0.2, 0) is 16.1 Å². The van der Waals surface area contributed by atoms with E-state index in [1.165, 1.54) is 4.68 Å². The number of ether oxygens (including phenoxy) is 1. The van der Waals surface area contributed by atoms with Crippen LogP contribution in [0.5, 0.6) is 0 Å². The standard InChI is InChI=1S/C14H21N3O3/c1-12(18)4-2-3-5-17-14(19)10-13(11-15-17)16-6-8-20-9-7-16/h10-11H,2-9H2,1H3. The number of aromatic nitrogens is 2. The highest BCUT2D eigenvalue weighted by Crippen LogP contribution is 2.11. The summed E-state index contributed by atoms with van der Waals surface area (Å²) in [5, 5.41) is 4.21. The van der Waals surface area contributed by atoms with Crippen LogP contribution < -0.4 is 10.5 Å². The summed E-state index contributed by atoms with van der Waals surface area (Å²) in [5.74, 6) is 0.188. The van der Waals surface area contributed by atoms with Crippen molar-refractivity contribution < 1.29 is 9.53 Å². The average Bonchev–Trinajstić information content (AvgIpc) is 2.45. The molecule has 0 unspecified atom stereocenters. The molecule has 110 valence electrons. The van der Waals surface area contributed by atoms with Crippen LogP contribution in [0, 0.1) is 0 Å². The highest BCUT2D eigenvalue weighted by Gasteiger charge is 2.12. The van der Waals surface area contributed by atoms with E-state index in [4.69, 9.17) is 4.74 Å². The summed E-state index contributed by atoms with van der Waals surface area (Å²) in [4.78, 5) is 24.9. The second-order valence-corrected chi connectivity index (χ2v) is 5.03. The number of morpholine rings is 1. The Morgan fingerprint density at radius 1 is 1.35 bits per heavy atom. The zero-order valence-electron chi connectivity index (χ0n) is 11.9. The molecule has 6 heteroatoms. The predicted molar refractivity (Wildman–Crippen MR) is 76.1 cm³/mol. The number of carbonyl (C=O) groups is 1. The fourth-order valence-corrected chi connectivity index (χ4v) is 2.22. The van der Waals surface area contributed by atoms with Gasteiger partial charge in [0.25, 0.3) is 5.56 Å². The number of unbranched alkanes of at least 4 members (excludes halogenated alkanes) is 1. The Labute approximate surface area is 118 Å². The van der Waals surface area contributed by atoms with Crippen LogP contribution in [0.2, 0.25) is 0 Å². The zero-order chi connectivity index (χ0) is 14.4. The van der Waals surface area contributed by atoms with Crippen LogP contribution in [-0.4, -0.2) is 41.9 Å². The summed E-state index contributed by atoms with van der Waals surface area (Å²) in [6, 6.07) is 1.63. The van der Waals surface area contributed by atoms with Gasteiger partial charge in [-0.15, -0.1) is 0 Å². The van der Waals surface area contributed by atoms with Crippen molar-refractivity contribution in [2.75, 3.05) is 31.2 Å². The molecule has 0 saturated carbocycles. The van der Waals surface area contributed by atoms with Gasteiger partial charge in [-0.3, -0.25) is 4.79 Å². The van der Waals surface area contributed by atoms with Crippen LogP contribution >= 0.6 is 0 Å². The first-order valence-electron chi connectivity index (χ1n) is 7.06. The smallest absolute Gasteiger partial charge is 0.268 e. The second-order valence-electron chi connectivity index (χ2n) is 5.03. The van der Waals surface area contributed by atoms with Gasteiger partial charge in [0.2, 0.25) is 0 Å². The molecule has 6 nitrogen and oxygen atoms in total. The van der Waals surface area contributed by atoms with Crippen LogP contribution in [0.25, 0.3) is 0 Å². The normalized spacial score (nSPS) is 15.3. The first kappa shape index (κ1) is 14.7. The van der Waals surface area contributed by atoms with Crippen LogP contribution in [0.15, 0.2) is 17.1 Å². The van der Waals surface area contributed by atoms with E-state index >= 15 is 0 Å². The van der Waals surface area contributed by atoms with E-state index in [9.17, 15) is 9.59 Å². The molecule has 1 saturated heterocycles. The van der Waals surface area contributed by atoms with Crippen molar-refractivity contribution in [1.29, 1.82) is 0 Å². The molecule has 0 radical (unpaired) electrons. The first-order valence-corrected chi connectivity index (χ1v) is 7.06. The summed E-state index contributed by atoms with van der Waals surface area (Å²) in [6.07, 6.45) is 3.90. The fraction of sp³-hybridized carbons (Fsp3) is 0.643. The number of hydrogen-bond acceptors (Lipinski definition) is 5. The zero-order valence-corrected chi connectivity index (χ0v) is 11.9. The minimum Gasteiger partial charge on any atom is -0.378 e. The maximum Gasteiger partial charge on any atom is 0.268 e. The predicted octanol–water partition coefficient (Wildman–Crippen LogP) is 0.839. The second kappa shape index (κ2) is 7.19. The number of anilines is 1. The Morgan fingerprint density at radius 2 is 2.10 bits per heavy atom. The number of hydrogen-bond donors (Lipinski definition) is 0. The molecule has 0 atom stereocenters. The van der Waals surface area contributed by atoms with E-state index in [2.05, 4.69) is 10.00 Å². The molecule has 0 aromatic carbocycles. The Kier molecular flexibility index (Phi) is 5.29. The molecule has 0 bridgehead atoms. The number of aryl methyl sites for hydroxylation is 1. The monoisotopic (exact) mass is 279 g/mol. The lowest BCUT2D eigenvalue weighted by Gasteiger charge is -2.28. The Hall–Kier alpha value is -1.69. The van der Waals surface area contributed by atoms with Gasteiger partial charge in [-0.05, 0) is 19.8 Å². The van der Waals surface area contributed by atoms with Gasteiger partial charge in [0.05, 0.1) is 25.1 Å². The van der Waals surface area contributed by atoms with Gasteiger partial charge in [-0.1, -0.05) is 0 Å². The van der Waals surface area contributed by atoms with Crippen molar-refractivity contribution in [2.24, 2.45) is 0 Å². The number of Topliss-reactive ketones (excluding diaryl/α,β-unsaturated/α-hetero) is 1. The lowest BCUT2D eigenvalue weighted by atomic mass is 10.2. The third-order valence-corrected chi connectivity index (χ3v) is 3.38. The van der Waals surface area contributed by atoms with Crippen molar-refractivity contribution in [3.8, 4) is 0 Å². The van der Waals surface area contributed by atoms with Gasteiger partial charge in [-0.2, -0.15) is 5.10 Å². The molecule has 1 fully saturated rings. The summed E-state index contributed by atoms with van der Waals surface area (Å²) in [6.45, 7) is 5.12. The molecule has 1 aliphatic rings. The molecular weight excluding hydrogens is 258 g/mol. The maximum absolute atomic E-state index is 12.0.